The van der Waals surface area contributed by atoms with E-state index in [4.69, 9.17) is 16.3 Å². The van der Waals surface area contributed by atoms with Crippen molar-refractivity contribution in [1.29, 1.82) is 0 Å². The number of rotatable bonds is 5. The van der Waals surface area contributed by atoms with E-state index in [0.717, 1.165) is 6.42 Å². The molecule has 0 bridgehead atoms. The first kappa shape index (κ1) is 16.5. The fraction of sp³-hybridized carbons (Fsp3) is 0.263. The number of aromatic nitrogens is 2. The van der Waals surface area contributed by atoms with Crippen LogP contribution in [0.15, 0.2) is 47.3 Å². The SMILES string of the molecule is CC(C)CCOc1ccc(Cl)cc1-c1nc2ccccc2c(=O)[nH]1. The highest BCUT2D eigenvalue weighted by Gasteiger charge is 2.12. The van der Waals surface area contributed by atoms with E-state index in [0.29, 0.717) is 45.6 Å². The predicted molar refractivity (Wildman–Crippen MR) is 97.8 cm³/mol. The molecule has 4 nitrogen and oxygen atoms in total. The van der Waals surface area contributed by atoms with E-state index in [1.807, 2.05) is 24.3 Å². The van der Waals surface area contributed by atoms with Crippen LogP contribution in [0.3, 0.4) is 0 Å². The van der Waals surface area contributed by atoms with Gasteiger partial charge in [-0.15, -0.1) is 0 Å². The van der Waals surface area contributed by atoms with Crippen molar-refractivity contribution in [2.45, 2.75) is 20.3 Å². The van der Waals surface area contributed by atoms with Crippen molar-refractivity contribution in [2.24, 2.45) is 5.92 Å². The number of halogens is 1. The molecule has 0 fully saturated rings. The third-order valence-corrected chi connectivity index (χ3v) is 4.00. The number of ether oxygens (including phenoxy) is 1. The van der Waals surface area contributed by atoms with Crippen LogP contribution in [-0.4, -0.2) is 16.6 Å². The Labute approximate surface area is 145 Å². The van der Waals surface area contributed by atoms with Gasteiger partial charge in [-0.3, -0.25) is 4.79 Å². The maximum Gasteiger partial charge on any atom is 0.259 e. The van der Waals surface area contributed by atoms with Gasteiger partial charge in [0.2, 0.25) is 0 Å². The van der Waals surface area contributed by atoms with Crippen LogP contribution in [0, 0.1) is 5.92 Å². The van der Waals surface area contributed by atoms with Gasteiger partial charge in [0.05, 0.1) is 23.1 Å². The van der Waals surface area contributed by atoms with Crippen molar-refractivity contribution in [3.63, 3.8) is 0 Å². The molecule has 24 heavy (non-hydrogen) atoms. The number of benzene rings is 2. The largest absolute Gasteiger partial charge is 0.493 e. The van der Waals surface area contributed by atoms with Gasteiger partial charge in [-0.1, -0.05) is 37.6 Å². The summed E-state index contributed by atoms with van der Waals surface area (Å²) in [5.41, 5.74) is 1.15. The van der Waals surface area contributed by atoms with E-state index in [1.54, 1.807) is 18.2 Å². The Morgan fingerprint density at radius 2 is 2.00 bits per heavy atom. The van der Waals surface area contributed by atoms with Crippen molar-refractivity contribution in [2.75, 3.05) is 6.61 Å². The number of H-pyrrole nitrogens is 1. The molecule has 0 unspecified atom stereocenters. The van der Waals surface area contributed by atoms with Crippen LogP contribution in [0.5, 0.6) is 5.75 Å². The van der Waals surface area contributed by atoms with E-state index in [2.05, 4.69) is 23.8 Å². The van der Waals surface area contributed by atoms with Crippen LogP contribution in [0.1, 0.15) is 20.3 Å². The minimum atomic E-state index is -0.177. The molecule has 5 heteroatoms. The molecule has 0 aliphatic rings. The van der Waals surface area contributed by atoms with Gasteiger partial charge in [0.15, 0.2) is 0 Å². The smallest absolute Gasteiger partial charge is 0.259 e. The lowest BCUT2D eigenvalue weighted by Crippen LogP contribution is -2.10. The van der Waals surface area contributed by atoms with Crippen LogP contribution < -0.4 is 10.3 Å². The first-order valence-electron chi connectivity index (χ1n) is 7.96. The lowest BCUT2D eigenvalue weighted by molar-refractivity contribution is 0.290. The molecule has 124 valence electrons. The minimum absolute atomic E-state index is 0.177. The lowest BCUT2D eigenvalue weighted by Gasteiger charge is -2.13. The number of hydrogen-bond acceptors (Lipinski definition) is 3. The van der Waals surface area contributed by atoms with Crippen molar-refractivity contribution < 1.29 is 4.74 Å². The Bertz CT molecular complexity index is 919. The molecule has 0 aliphatic heterocycles. The van der Waals surface area contributed by atoms with E-state index >= 15 is 0 Å². The number of aromatic amines is 1. The summed E-state index contributed by atoms with van der Waals surface area (Å²) in [4.78, 5) is 19.7. The Morgan fingerprint density at radius 3 is 2.79 bits per heavy atom. The van der Waals surface area contributed by atoms with Crippen molar-refractivity contribution in [3.8, 4) is 17.1 Å². The summed E-state index contributed by atoms with van der Waals surface area (Å²) >= 11 is 6.13. The average Bonchev–Trinajstić information content (AvgIpc) is 2.56. The van der Waals surface area contributed by atoms with Crippen LogP contribution in [0.2, 0.25) is 5.02 Å². The van der Waals surface area contributed by atoms with Crippen LogP contribution >= 0.6 is 11.6 Å². The Hall–Kier alpha value is -2.33. The highest BCUT2D eigenvalue weighted by atomic mass is 35.5. The van der Waals surface area contributed by atoms with Gasteiger partial charge in [-0.25, -0.2) is 4.98 Å². The molecule has 1 aromatic heterocycles. The number of nitrogens with zero attached hydrogens (tertiary/aromatic N) is 1. The summed E-state index contributed by atoms with van der Waals surface area (Å²) in [6.45, 7) is 4.90. The Kier molecular flexibility index (Phi) is 4.86. The van der Waals surface area contributed by atoms with Crippen molar-refractivity contribution in [1.82, 2.24) is 9.97 Å². The highest BCUT2D eigenvalue weighted by molar-refractivity contribution is 6.30. The standard InChI is InChI=1S/C19H19ClN2O2/c1-12(2)9-10-24-17-8-7-13(20)11-15(17)18-21-16-6-4-3-5-14(16)19(23)22-18/h3-8,11-12H,9-10H2,1-2H3,(H,21,22,23). The van der Waals surface area contributed by atoms with Gasteiger partial charge in [-0.2, -0.15) is 0 Å². The van der Waals surface area contributed by atoms with E-state index in [1.165, 1.54) is 0 Å². The summed E-state index contributed by atoms with van der Waals surface area (Å²) in [6, 6.07) is 12.6. The zero-order chi connectivity index (χ0) is 17.1. The summed E-state index contributed by atoms with van der Waals surface area (Å²) in [5, 5.41) is 1.13. The second kappa shape index (κ2) is 7.05. The minimum Gasteiger partial charge on any atom is -0.493 e. The van der Waals surface area contributed by atoms with Gasteiger partial charge in [-0.05, 0) is 42.7 Å². The lowest BCUT2D eigenvalue weighted by atomic mass is 10.1. The summed E-state index contributed by atoms with van der Waals surface area (Å²) < 4.78 is 5.89. The number of hydrogen-bond donors (Lipinski definition) is 1. The monoisotopic (exact) mass is 342 g/mol. The Morgan fingerprint density at radius 1 is 1.21 bits per heavy atom. The average molecular weight is 343 g/mol. The summed E-state index contributed by atoms with van der Waals surface area (Å²) in [5.74, 6) is 1.68. The Balaban J connectivity index is 2.05. The molecule has 0 aliphatic carbocycles. The van der Waals surface area contributed by atoms with Crippen molar-refractivity contribution >= 4 is 22.5 Å². The van der Waals surface area contributed by atoms with Crippen LogP contribution in [-0.2, 0) is 0 Å². The molecule has 3 rings (SSSR count). The van der Waals surface area contributed by atoms with E-state index < -0.39 is 0 Å². The number of para-hydroxylation sites is 1. The zero-order valence-electron chi connectivity index (χ0n) is 13.7. The first-order valence-corrected chi connectivity index (χ1v) is 8.34. The number of fused-ring (bicyclic) bond motifs is 1. The highest BCUT2D eigenvalue weighted by Crippen LogP contribution is 2.31. The third-order valence-electron chi connectivity index (χ3n) is 3.76. The van der Waals surface area contributed by atoms with Crippen molar-refractivity contribution in [3.05, 3.63) is 57.8 Å². The number of nitrogens with one attached hydrogen (secondary N) is 1. The zero-order valence-corrected chi connectivity index (χ0v) is 14.4. The summed E-state index contributed by atoms with van der Waals surface area (Å²) in [6.07, 6.45) is 0.948. The first-order chi connectivity index (χ1) is 11.5. The van der Waals surface area contributed by atoms with Gasteiger partial charge < -0.3 is 9.72 Å². The summed E-state index contributed by atoms with van der Waals surface area (Å²) in [7, 11) is 0. The van der Waals surface area contributed by atoms with E-state index in [-0.39, 0.29) is 5.56 Å². The van der Waals surface area contributed by atoms with E-state index in [9.17, 15) is 4.79 Å². The van der Waals surface area contributed by atoms with Gasteiger partial charge in [0, 0.05) is 5.02 Å². The molecular formula is C19H19ClN2O2. The van der Waals surface area contributed by atoms with Gasteiger partial charge in [0.25, 0.3) is 5.56 Å². The molecule has 2 aromatic carbocycles. The second-order valence-corrected chi connectivity index (χ2v) is 6.54. The predicted octanol–water partition coefficient (Wildman–Crippen LogP) is 4.67. The molecule has 3 aromatic rings. The molecule has 1 heterocycles. The molecule has 0 atom stereocenters. The molecule has 0 spiro atoms. The fourth-order valence-corrected chi connectivity index (χ4v) is 2.60. The maximum absolute atomic E-state index is 12.3. The van der Waals surface area contributed by atoms with Gasteiger partial charge >= 0.3 is 0 Å². The third kappa shape index (κ3) is 3.60. The fourth-order valence-electron chi connectivity index (χ4n) is 2.43. The molecule has 0 radical (unpaired) electrons. The quantitative estimate of drug-likeness (QED) is 0.733. The molecule has 0 saturated carbocycles. The molecule has 0 saturated heterocycles. The van der Waals surface area contributed by atoms with Gasteiger partial charge in [0.1, 0.15) is 11.6 Å². The molecule has 0 amide bonds. The van der Waals surface area contributed by atoms with Crippen LogP contribution in [0.25, 0.3) is 22.3 Å². The normalized spacial score (nSPS) is 11.2. The van der Waals surface area contributed by atoms with Crippen LogP contribution in [0.4, 0.5) is 0 Å². The second-order valence-electron chi connectivity index (χ2n) is 6.10. The molecular weight excluding hydrogens is 324 g/mol. The maximum atomic E-state index is 12.3. The molecule has 1 N–H and O–H groups in total. The topological polar surface area (TPSA) is 55.0 Å².